The number of phenolic OH excluding ortho intramolecular Hbond substituents is 1. The van der Waals surface area contributed by atoms with Crippen LogP contribution in [0.2, 0.25) is 0 Å². The number of hydrogen-bond donors (Lipinski definition) is 2. The Kier molecular flexibility index (Phi) is 5.31. The van der Waals surface area contributed by atoms with Crippen LogP contribution in [0.4, 0.5) is 0 Å². The van der Waals surface area contributed by atoms with E-state index >= 15 is 0 Å². The molecule has 2 aromatic rings. The number of carboxylic acids is 1. The fraction of sp³-hybridized carbons (Fsp3) is 0.348. The zero-order valence-corrected chi connectivity index (χ0v) is 16.4. The molecule has 3 heteroatoms. The van der Waals surface area contributed by atoms with Crippen molar-refractivity contribution in [2.75, 3.05) is 0 Å². The van der Waals surface area contributed by atoms with Gasteiger partial charge in [-0.2, -0.15) is 0 Å². The summed E-state index contributed by atoms with van der Waals surface area (Å²) in [7, 11) is 0. The van der Waals surface area contributed by atoms with E-state index in [0.717, 1.165) is 27.8 Å². The van der Waals surface area contributed by atoms with E-state index in [4.69, 9.17) is 5.11 Å². The van der Waals surface area contributed by atoms with Crippen LogP contribution in [-0.4, -0.2) is 16.2 Å². The van der Waals surface area contributed by atoms with Crippen molar-refractivity contribution in [1.29, 1.82) is 0 Å². The van der Waals surface area contributed by atoms with E-state index in [1.54, 1.807) is 18.2 Å². The summed E-state index contributed by atoms with van der Waals surface area (Å²) < 4.78 is 0. The van der Waals surface area contributed by atoms with Crippen LogP contribution >= 0.6 is 0 Å². The predicted octanol–water partition coefficient (Wildman–Crippen LogP) is 5.75. The minimum absolute atomic E-state index is 0.125. The Balaban J connectivity index is 2.86. The van der Waals surface area contributed by atoms with E-state index in [0.29, 0.717) is 0 Å². The Bertz CT molecular complexity index is 794. The quantitative estimate of drug-likeness (QED) is 0.691. The molecular formula is C23H28O3. The molecule has 0 heterocycles. The summed E-state index contributed by atoms with van der Waals surface area (Å²) >= 11 is 0. The van der Waals surface area contributed by atoms with Gasteiger partial charge in [-0.1, -0.05) is 65.8 Å². The van der Waals surface area contributed by atoms with Gasteiger partial charge in [-0.15, -0.1) is 0 Å². The summed E-state index contributed by atoms with van der Waals surface area (Å²) in [5, 5.41) is 18.6. The van der Waals surface area contributed by atoms with Crippen molar-refractivity contribution in [3.63, 3.8) is 0 Å². The SMILES string of the molecule is CC(C)(C)c1cc(C=CC(=O)O)cc(C(C)(C)C)c1-c1ccc(O)cc1. The molecule has 0 unspecified atom stereocenters. The van der Waals surface area contributed by atoms with Crippen molar-refractivity contribution < 1.29 is 15.0 Å². The van der Waals surface area contributed by atoms with Crippen LogP contribution in [-0.2, 0) is 15.6 Å². The molecule has 138 valence electrons. The van der Waals surface area contributed by atoms with Gasteiger partial charge in [-0.3, -0.25) is 0 Å². The van der Waals surface area contributed by atoms with E-state index in [-0.39, 0.29) is 16.6 Å². The maximum absolute atomic E-state index is 10.9. The van der Waals surface area contributed by atoms with Crippen molar-refractivity contribution in [3.05, 3.63) is 59.2 Å². The van der Waals surface area contributed by atoms with Gasteiger partial charge in [0.25, 0.3) is 0 Å². The lowest BCUT2D eigenvalue weighted by molar-refractivity contribution is -0.131. The van der Waals surface area contributed by atoms with Crippen molar-refractivity contribution in [3.8, 4) is 16.9 Å². The molecule has 2 aromatic carbocycles. The zero-order valence-electron chi connectivity index (χ0n) is 16.4. The molecule has 0 spiro atoms. The van der Waals surface area contributed by atoms with E-state index in [1.807, 2.05) is 12.1 Å². The highest BCUT2D eigenvalue weighted by atomic mass is 16.4. The molecule has 0 atom stereocenters. The van der Waals surface area contributed by atoms with Crippen LogP contribution < -0.4 is 0 Å². The first-order chi connectivity index (χ1) is 11.9. The summed E-state index contributed by atoms with van der Waals surface area (Å²) in [5.41, 5.74) is 5.13. The van der Waals surface area contributed by atoms with E-state index < -0.39 is 5.97 Å². The third-order valence-corrected chi connectivity index (χ3v) is 4.35. The molecule has 0 aromatic heterocycles. The highest BCUT2D eigenvalue weighted by Gasteiger charge is 2.27. The van der Waals surface area contributed by atoms with Crippen LogP contribution in [0.15, 0.2) is 42.5 Å². The van der Waals surface area contributed by atoms with Gasteiger partial charge in [0.05, 0.1) is 0 Å². The minimum Gasteiger partial charge on any atom is -0.508 e. The van der Waals surface area contributed by atoms with Gasteiger partial charge in [0.1, 0.15) is 5.75 Å². The Labute approximate surface area is 156 Å². The molecule has 0 radical (unpaired) electrons. The van der Waals surface area contributed by atoms with Gasteiger partial charge >= 0.3 is 5.97 Å². The van der Waals surface area contributed by atoms with Crippen molar-refractivity contribution >= 4 is 12.0 Å². The third-order valence-electron chi connectivity index (χ3n) is 4.35. The molecule has 3 nitrogen and oxygen atoms in total. The second-order valence-electron chi connectivity index (χ2n) is 8.71. The van der Waals surface area contributed by atoms with Gasteiger partial charge in [-0.05, 0) is 56.9 Å². The largest absolute Gasteiger partial charge is 0.508 e. The summed E-state index contributed by atoms with van der Waals surface area (Å²) in [6.45, 7) is 12.9. The van der Waals surface area contributed by atoms with Crippen molar-refractivity contribution in [1.82, 2.24) is 0 Å². The molecule has 0 bridgehead atoms. The lowest BCUT2D eigenvalue weighted by atomic mass is 9.73. The number of carbonyl (C=O) groups is 1. The second kappa shape index (κ2) is 6.99. The maximum atomic E-state index is 10.9. The molecule has 0 aliphatic heterocycles. The van der Waals surface area contributed by atoms with Crippen molar-refractivity contribution in [2.45, 2.75) is 52.4 Å². The maximum Gasteiger partial charge on any atom is 0.328 e. The molecule has 2 rings (SSSR count). The Morgan fingerprint density at radius 2 is 1.35 bits per heavy atom. The van der Waals surface area contributed by atoms with Crippen molar-refractivity contribution in [2.24, 2.45) is 0 Å². The van der Waals surface area contributed by atoms with Crippen LogP contribution in [0.3, 0.4) is 0 Å². The summed E-state index contributed by atoms with van der Waals surface area (Å²) in [4.78, 5) is 10.9. The molecule has 0 saturated heterocycles. The molecular weight excluding hydrogens is 324 g/mol. The number of carboxylic acid groups (broad SMARTS) is 1. The number of aliphatic carboxylic acids is 1. The summed E-state index contributed by atoms with van der Waals surface area (Å²) in [6.07, 6.45) is 2.82. The average Bonchev–Trinajstić information content (AvgIpc) is 2.51. The predicted molar refractivity (Wildman–Crippen MR) is 108 cm³/mol. The number of aromatic hydroxyl groups is 1. The van der Waals surface area contributed by atoms with Crippen LogP contribution in [0.25, 0.3) is 17.2 Å². The molecule has 2 N–H and O–H groups in total. The fourth-order valence-electron chi connectivity index (χ4n) is 3.05. The number of phenols is 1. The van der Waals surface area contributed by atoms with Crippen LogP contribution in [0, 0.1) is 0 Å². The Morgan fingerprint density at radius 3 is 1.73 bits per heavy atom. The van der Waals surface area contributed by atoms with Gasteiger partial charge in [0.2, 0.25) is 0 Å². The Hall–Kier alpha value is -2.55. The zero-order chi connectivity index (χ0) is 19.7. The molecule has 0 saturated carbocycles. The first-order valence-corrected chi connectivity index (χ1v) is 8.79. The lowest BCUT2D eigenvalue weighted by Crippen LogP contribution is -2.19. The van der Waals surface area contributed by atoms with E-state index in [1.165, 1.54) is 6.08 Å². The van der Waals surface area contributed by atoms with Gasteiger partial charge in [0.15, 0.2) is 0 Å². The highest BCUT2D eigenvalue weighted by Crippen LogP contribution is 2.41. The highest BCUT2D eigenvalue weighted by molar-refractivity contribution is 5.86. The number of hydrogen-bond acceptors (Lipinski definition) is 2. The molecule has 0 aliphatic rings. The molecule has 0 amide bonds. The second-order valence-corrected chi connectivity index (χ2v) is 8.71. The Morgan fingerprint density at radius 1 is 0.885 bits per heavy atom. The average molecular weight is 352 g/mol. The summed E-state index contributed by atoms with van der Waals surface area (Å²) in [5.74, 6) is -0.716. The first-order valence-electron chi connectivity index (χ1n) is 8.79. The van der Waals surface area contributed by atoms with Crippen LogP contribution in [0.1, 0.15) is 58.2 Å². The monoisotopic (exact) mass is 352 g/mol. The number of rotatable bonds is 3. The van der Waals surface area contributed by atoms with Crippen LogP contribution in [0.5, 0.6) is 5.75 Å². The standard InChI is InChI=1S/C23H28O3/c1-22(2,3)18-13-15(7-12-20(25)26)14-19(23(4,5)6)21(18)16-8-10-17(24)11-9-16/h7-14,24H,1-6H3,(H,25,26). The van der Waals surface area contributed by atoms with E-state index in [2.05, 4.69) is 53.7 Å². The first kappa shape index (κ1) is 19.8. The van der Waals surface area contributed by atoms with Gasteiger partial charge in [-0.25, -0.2) is 4.79 Å². The van der Waals surface area contributed by atoms with E-state index in [9.17, 15) is 9.90 Å². The molecule has 26 heavy (non-hydrogen) atoms. The normalized spacial score (nSPS) is 12.5. The number of benzene rings is 2. The topological polar surface area (TPSA) is 57.5 Å². The van der Waals surface area contributed by atoms with Gasteiger partial charge in [0, 0.05) is 6.08 Å². The lowest BCUT2D eigenvalue weighted by Gasteiger charge is -2.31. The summed E-state index contributed by atoms with van der Waals surface area (Å²) in [6, 6.07) is 11.4. The smallest absolute Gasteiger partial charge is 0.328 e. The third kappa shape index (κ3) is 4.54. The molecule has 0 aliphatic carbocycles. The molecule has 0 fully saturated rings. The van der Waals surface area contributed by atoms with Gasteiger partial charge < -0.3 is 10.2 Å². The minimum atomic E-state index is -0.956. The fourth-order valence-corrected chi connectivity index (χ4v) is 3.05.